The molecule has 2 aliphatic rings. The zero-order valence-electron chi connectivity index (χ0n) is 19.7. The molecule has 0 radical (unpaired) electrons. The van der Waals surface area contributed by atoms with E-state index in [1.807, 2.05) is 57.1 Å². The van der Waals surface area contributed by atoms with Crippen LogP contribution in [0.2, 0.25) is 0 Å². The highest BCUT2D eigenvalue weighted by molar-refractivity contribution is 6.12. The van der Waals surface area contributed by atoms with Gasteiger partial charge in [-0.05, 0) is 50.8 Å². The number of nitrogens with one attached hydrogen (secondary N) is 1. The number of hydrogen-bond donors (Lipinski definition) is 1. The molecule has 0 unspecified atom stereocenters. The summed E-state index contributed by atoms with van der Waals surface area (Å²) in [5, 5.41) is 3.27. The SMILES string of the molecule is CCOC(=O)C1=C(C)NC2=C(C(=O)[C@H](C(=O)OCC)[C@@H](C)C2)[C@H]1c1ccc(N(C)C)cc1. The largest absolute Gasteiger partial charge is 0.465 e. The van der Waals surface area contributed by atoms with Gasteiger partial charge in [0.2, 0.25) is 0 Å². The summed E-state index contributed by atoms with van der Waals surface area (Å²) in [5.74, 6) is -2.98. The second-order valence-corrected chi connectivity index (χ2v) is 8.47. The Morgan fingerprint density at radius 2 is 1.72 bits per heavy atom. The molecule has 7 nitrogen and oxygen atoms in total. The fourth-order valence-electron chi connectivity index (χ4n) is 4.56. The van der Waals surface area contributed by atoms with Crippen LogP contribution in [0.25, 0.3) is 0 Å². The third-order valence-electron chi connectivity index (χ3n) is 6.07. The number of carbonyl (C=O) groups excluding carboxylic acids is 3. The highest BCUT2D eigenvalue weighted by atomic mass is 16.5. The minimum absolute atomic E-state index is 0.207. The quantitative estimate of drug-likeness (QED) is 0.537. The van der Waals surface area contributed by atoms with Gasteiger partial charge < -0.3 is 19.7 Å². The second kappa shape index (κ2) is 9.59. The summed E-state index contributed by atoms with van der Waals surface area (Å²) in [7, 11) is 3.90. The van der Waals surface area contributed by atoms with Gasteiger partial charge in [-0.25, -0.2) is 4.79 Å². The Labute approximate surface area is 189 Å². The number of nitrogens with zero attached hydrogens (tertiary/aromatic N) is 1. The van der Waals surface area contributed by atoms with Gasteiger partial charge in [-0.3, -0.25) is 9.59 Å². The highest BCUT2D eigenvalue weighted by Crippen LogP contribution is 2.45. The van der Waals surface area contributed by atoms with Gasteiger partial charge in [0.25, 0.3) is 0 Å². The van der Waals surface area contributed by atoms with E-state index in [4.69, 9.17) is 9.47 Å². The maximum atomic E-state index is 13.7. The zero-order valence-corrected chi connectivity index (χ0v) is 19.7. The van der Waals surface area contributed by atoms with E-state index in [0.29, 0.717) is 23.3 Å². The molecule has 0 bridgehead atoms. The molecule has 0 amide bonds. The Balaban J connectivity index is 2.15. The fourth-order valence-corrected chi connectivity index (χ4v) is 4.56. The summed E-state index contributed by atoms with van der Waals surface area (Å²) in [6.45, 7) is 7.62. The van der Waals surface area contributed by atoms with Crippen molar-refractivity contribution >= 4 is 23.4 Å². The Kier molecular flexibility index (Phi) is 7.06. The number of esters is 2. The summed E-state index contributed by atoms with van der Waals surface area (Å²) in [6, 6.07) is 7.75. The second-order valence-electron chi connectivity index (χ2n) is 8.47. The summed E-state index contributed by atoms with van der Waals surface area (Å²) < 4.78 is 10.6. The molecule has 0 aromatic heterocycles. The number of allylic oxidation sites excluding steroid dienone is 3. The molecule has 1 N–H and O–H groups in total. The Bertz CT molecular complexity index is 975. The van der Waals surface area contributed by atoms with Crippen LogP contribution in [0.3, 0.4) is 0 Å². The first-order chi connectivity index (χ1) is 15.2. The van der Waals surface area contributed by atoms with Crippen LogP contribution in [0.1, 0.15) is 45.6 Å². The average Bonchev–Trinajstić information content (AvgIpc) is 2.73. The van der Waals surface area contributed by atoms with Crippen LogP contribution in [-0.4, -0.2) is 45.0 Å². The van der Waals surface area contributed by atoms with E-state index in [0.717, 1.165) is 16.9 Å². The first-order valence-electron chi connectivity index (χ1n) is 11.1. The molecular formula is C25H32N2O5. The third-order valence-corrected chi connectivity index (χ3v) is 6.07. The summed E-state index contributed by atoms with van der Waals surface area (Å²) in [4.78, 5) is 41.3. The number of ketones is 1. The van der Waals surface area contributed by atoms with Crippen molar-refractivity contribution in [3.63, 3.8) is 0 Å². The molecule has 0 saturated carbocycles. The lowest BCUT2D eigenvalue weighted by Crippen LogP contribution is -2.43. The molecule has 32 heavy (non-hydrogen) atoms. The van der Waals surface area contributed by atoms with Crippen molar-refractivity contribution in [2.75, 3.05) is 32.2 Å². The molecule has 172 valence electrons. The van der Waals surface area contributed by atoms with Gasteiger partial charge >= 0.3 is 11.9 Å². The first kappa shape index (κ1) is 23.6. The predicted molar refractivity (Wildman–Crippen MR) is 122 cm³/mol. The van der Waals surface area contributed by atoms with Crippen molar-refractivity contribution in [2.24, 2.45) is 11.8 Å². The van der Waals surface area contributed by atoms with Crippen LogP contribution >= 0.6 is 0 Å². The van der Waals surface area contributed by atoms with E-state index >= 15 is 0 Å². The monoisotopic (exact) mass is 440 g/mol. The zero-order chi connectivity index (χ0) is 23.6. The van der Waals surface area contributed by atoms with Crippen molar-refractivity contribution in [2.45, 2.75) is 40.0 Å². The van der Waals surface area contributed by atoms with E-state index in [2.05, 4.69) is 5.32 Å². The summed E-state index contributed by atoms with van der Waals surface area (Å²) in [6.07, 6.45) is 0.518. The topological polar surface area (TPSA) is 84.9 Å². The van der Waals surface area contributed by atoms with Crippen LogP contribution in [0.15, 0.2) is 46.8 Å². The third kappa shape index (κ3) is 4.29. The lowest BCUT2D eigenvalue weighted by atomic mass is 9.69. The molecule has 0 spiro atoms. The number of carbonyl (C=O) groups is 3. The van der Waals surface area contributed by atoms with Gasteiger partial charge in [-0.1, -0.05) is 19.1 Å². The maximum absolute atomic E-state index is 13.7. The van der Waals surface area contributed by atoms with Crippen molar-refractivity contribution in [3.05, 3.63) is 52.4 Å². The molecule has 1 aliphatic carbocycles. The van der Waals surface area contributed by atoms with Crippen LogP contribution < -0.4 is 10.2 Å². The minimum Gasteiger partial charge on any atom is -0.465 e. The van der Waals surface area contributed by atoms with Gasteiger partial charge in [0, 0.05) is 42.7 Å². The lowest BCUT2D eigenvalue weighted by Gasteiger charge is -2.38. The van der Waals surface area contributed by atoms with E-state index in [1.165, 1.54) is 0 Å². The minimum atomic E-state index is -0.888. The number of rotatable bonds is 6. The summed E-state index contributed by atoms with van der Waals surface area (Å²) in [5.41, 5.74) is 4.08. The number of dihydropyridines is 1. The molecule has 1 aromatic rings. The number of Topliss-reactive ketones (excluding diaryl/α,β-unsaturated/α-hetero) is 1. The molecule has 3 rings (SSSR count). The lowest BCUT2D eigenvalue weighted by molar-refractivity contribution is -0.153. The summed E-state index contributed by atoms with van der Waals surface area (Å²) >= 11 is 0. The standard InChI is InChI=1S/C25H32N2O5/c1-7-31-24(29)19-14(3)13-18-22(23(19)28)21(16-9-11-17(12-10-16)27(5)6)20(15(4)26-18)25(30)32-8-2/h9-12,14,19,21,26H,7-8,13H2,1-6H3/t14-,19+,21-/m0/s1. The van der Waals surface area contributed by atoms with Crippen LogP contribution in [0, 0.1) is 11.8 Å². The normalized spacial score (nSPS) is 22.8. The molecule has 0 fully saturated rings. The van der Waals surface area contributed by atoms with Crippen molar-refractivity contribution in [3.8, 4) is 0 Å². The number of benzene rings is 1. The van der Waals surface area contributed by atoms with Gasteiger partial charge in [-0.2, -0.15) is 0 Å². The van der Waals surface area contributed by atoms with Crippen molar-refractivity contribution < 1.29 is 23.9 Å². The van der Waals surface area contributed by atoms with E-state index < -0.39 is 23.8 Å². The molecule has 1 aromatic carbocycles. The number of hydrogen-bond acceptors (Lipinski definition) is 7. The average molecular weight is 441 g/mol. The van der Waals surface area contributed by atoms with Crippen LogP contribution in [0.5, 0.6) is 0 Å². The Morgan fingerprint density at radius 1 is 1.09 bits per heavy atom. The highest BCUT2D eigenvalue weighted by Gasteiger charge is 2.47. The van der Waals surface area contributed by atoms with E-state index in [1.54, 1.807) is 13.8 Å². The van der Waals surface area contributed by atoms with Gasteiger partial charge in [0.15, 0.2) is 5.78 Å². The molecule has 0 saturated heterocycles. The smallest absolute Gasteiger partial charge is 0.336 e. The number of anilines is 1. The van der Waals surface area contributed by atoms with E-state index in [9.17, 15) is 14.4 Å². The molecule has 1 heterocycles. The van der Waals surface area contributed by atoms with Crippen molar-refractivity contribution in [1.29, 1.82) is 0 Å². The fraction of sp³-hybridized carbons (Fsp3) is 0.480. The van der Waals surface area contributed by atoms with Crippen molar-refractivity contribution in [1.82, 2.24) is 5.32 Å². The molecule has 3 atom stereocenters. The Hall–Kier alpha value is -3.09. The van der Waals surface area contributed by atoms with Gasteiger partial charge in [0.1, 0.15) is 5.92 Å². The maximum Gasteiger partial charge on any atom is 0.336 e. The van der Waals surface area contributed by atoms with E-state index in [-0.39, 0.29) is 24.9 Å². The molecule has 1 aliphatic heterocycles. The van der Waals surface area contributed by atoms with Crippen LogP contribution in [0.4, 0.5) is 5.69 Å². The number of ether oxygens (including phenoxy) is 2. The van der Waals surface area contributed by atoms with Gasteiger partial charge in [-0.15, -0.1) is 0 Å². The van der Waals surface area contributed by atoms with Crippen LogP contribution in [-0.2, 0) is 23.9 Å². The predicted octanol–water partition coefficient (Wildman–Crippen LogP) is 3.32. The Morgan fingerprint density at radius 3 is 2.28 bits per heavy atom. The first-order valence-corrected chi connectivity index (χ1v) is 11.1. The van der Waals surface area contributed by atoms with Gasteiger partial charge in [0.05, 0.1) is 18.8 Å². The molecule has 7 heteroatoms. The molecular weight excluding hydrogens is 408 g/mol.